The molecule has 0 rings (SSSR count). The summed E-state index contributed by atoms with van der Waals surface area (Å²) < 4.78 is 23.6. The van der Waals surface area contributed by atoms with E-state index in [2.05, 4.69) is 41.2 Å². The Balaban J connectivity index is 0. The molecule has 9 nitrogen and oxygen atoms in total. The molecule has 10 heteroatoms. The molecule has 0 heterocycles. The highest BCUT2D eigenvalue weighted by Gasteiger charge is 2.13. The van der Waals surface area contributed by atoms with Gasteiger partial charge in [-0.25, -0.2) is 14.2 Å². The van der Waals surface area contributed by atoms with E-state index in [1.807, 2.05) is 0 Å². The van der Waals surface area contributed by atoms with Crippen molar-refractivity contribution < 1.29 is 37.9 Å². The molecular formula is C16H30NO8P. The summed E-state index contributed by atoms with van der Waals surface area (Å²) in [5, 5.41) is 0. The third-order valence-electron chi connectivity index (χ3n) is 2.81. The Morgan fingerprint density at radius 2 is 1.35 bits per heavy atom. The lowest BCUT2D eigenvalue weighted by molar-refractivity contribution is -0.140. The van der Waals surface area contributed by atoms with Crippen LogP contribution in [0.3, 0.4) is 0 Å². The Kier molecular flexibility index (Phi) is 15.0. The summed E-state index contributed by atoms with van der Waals surface area (Å²) in [6, 6.07) is 0. The topological polar surface area (TPSA) is 123 Å². The number of hydrogen-bond donors (Lipinski definition) is 2. The molecule has 0 radical (unpaired) electrons. The molecule has 26 heavy (non-hydrogen) atoms. The second kappa shape index (κ2) is 14.6. The third kappa shape index (κ3) is 17.3. The number of carbonyl (C=O) groups excluding carboxylic acids is 2. The average Bonchev–Trinajstić information content (AvgIpc) is 2.54. The first-order valence-corrected chi connectivity index (χ1v) is 9.55. The molecular weight excluding hydrogens is 365 g/mol. The van der Waals surface area contributed by atoms with Crippen LogP contribution in [0.25, 0.3) is 0 Å². The lowest BCUT2D eigenvalue weighted by Crippen LogP contribution is -2.27. The number of phosphoric ester groups is 1. The van der Waals surface area contributed by atoms with Crippen LogP contribution in [0.1, 0.15) is 27.7 Å². The van der Waals surface area contributed by atoms with Crippen LogP contribution >= 0.6 is 7.82 Å². The molecule has 0 aliphatic heterocycles. The second-order valence-electron chi connectivity index (χ2n) is 5.18. The number of carbonyl (C=O) groups is 2. The van der Waals surface area contributed by atoms with Gasteiger partial charge >= 0.3 is 19.8 Å². The van der Waals surface area contributed by atoms with Gasteiger partial charge in [-0.2, -0.15) is 0 Å². The maximum Gasteiger partial charge on any atom is 0.469 e. The monoisotopic (exact) mass is 395 g/mol. The van der Waals surface area contributed by atoms with E-state index in [0.29, 0.717) is 12.2 Å². The Hall–Kier alpha value is -1.51. The largest absolute Gasteiger partial charge is 0.469 e. The number of likely N-dealkylation sites (N-methyl/N-ethyl adjacent to an activating group) is 1. The molecule has 0 spiro atoms. The van der Waals surface area contributed by atoms with E-state index in [4.69, 9.17) is 14.5 Å². The van der Waals surface area contributed by atoms with Crippen molar-refractivity contribution in [2.45, 2.75) is 27.7 Å². The van der Waals surface area contributed by atoms with Crippen molar-refractivity contribution >= 4 is 19.8 Å². The van der Waals surface area contributed by atoms with Crippen LogP contribution in [-0.2, 0) is 28.2 Å². The molecule has 0 fully saturated rings. The Labute approximate surface area is 154 Å². The molecule has 0 amide bonds. The highest BCUT2D eigenvalue weighted by Crippen LogP contribution is 2.35. The van der Waals surface area contributed by atoms with Gasteiger partial charge in [-0.1, -0.05) is 27.0 Å². The van der Waals surface area contributed by atoms with E-state index in [-0.39, 0.29) is 24.8 Å². The summed E-state index contributed by atoms with van der Waals surface area (Å²) in [5.41, 5.74) is 0.677. The maximum atomic E-state index is 11.0. The van der Waals surface area contributed by atoms with Gasteiger partial charge in [0.1, 0.15) is 13.2 Å². The Morgan fingerprint density at radius 1 is 0.923 bits per heavy atom. The number of hydrogen-bond acceptors (Lipinski definition) is 7. The quantitative estimate of drug-likeness (QED) is 0.233. The molecule has 0 atom stereocenters. The van der Waals surface area contributed by atoms with E-state index in [1.165, 1.54) is 6.92 Å². The van der Waals surface area contributed by atoms with Gasteiger partial charge in [-0.05, 0) is 26.9 Å². The summed E-state index contributed by atoms with van der Waals surface area (Å²) in [5.74, 6) is -0.915. The summed E-state index contributed by atoms with van der Waals surface area (Å²) in [6.45, 7) is 16.8. The average molecular weight is 395 g/mol. The van der Waals surface area contributed by atoms with Crippen molar-refractivity contribution in [2.24, 2.45) is 0 Å². The second-order valence-corrected chi connectivity index (χ2v) is 6.42. The van der Waals surface area contributed by atoms with Gasteiger partial charge in [-0.15, -0.1) is 0 Å². The van der Waals surface area contributed by atoms with E-state index < -0.39 is 13.8 Å². The number of rotatable bonds is 11. The summed E-state index contributed by atoms with van der Waals surface area (Å²) in [4.78, 5) is 40.3. The number of esters is 2. The van der Waals surface area contributed by atoms with E-state index >= 15 is 0 Å². The predicted molar refractivity (Wildman–Crippen MR) is 97.3 cm³/mol. The number of ether oxygens (including phenoxy) is 2. The molecule has 0 saturated carbocycles. The normalized spacial score (nSPS) is 10.6. The molecule has 0 aromatic heterocycles. The van der Waals surface area contributed by atoms with Gasteiger partial charge in [0.15, 0.2) is 0 Å². The van der Waals surface area contributed by atoms with Crippen LogP contribution < -0.4 is 0 Å². The SMILES string of the molecule is C=C(C)C(=O)OCCN(CC)CC.C=C(C)C(=O)OCCOP(=O)(O)O. The van der Waals surface area contributed by atoms with Crippen molar-refractivity contribution in [1.29, 1.82) is 0 Å². The van der Waals surface area contributed by atoms with Crippen molar-refractivity contribution in [3.63, 3.8) is 0 Å². The summed E-state index contributed by atoms with van der Waals surface area (Å²) in [6.07, 6.45) is 0. The lowest BCUT2D eigenvalue weighted by Gasteiger charge is -2.17. The molecule has 2 N–H and O–H groups in total. The van der Waals surface area contributed by atoms with Crippen LogP contribution in [0.4, 0.5) is 0 Å². The molecule has 0 bridgehead atoms. The minimum atomic E-state index is -4.46. The van der Waals surface area contributed by atoms with Crippen molar-refractivity contribution in [1.82, 2.24) is 4.90 Å². The first-order valence-electron chi connectivity index (χ1n) is 8.02. The van der Waals surface area contributed by atoms with Crippen LogP contribution in [-0.4, -0.2) is 66.1 Å². The molecule has 0 saturated heterocycles. The predicted octanol–water partition coefficient (Wildman–Crippen LogP) is 1.66. The molecule has 0 aromatic carbocycles. The third-order valence-corrected chi connectivity index (χ3v) is 3.33. The van der Waals surface area contributed by atoms with Crippen molar-refractivity contribution in [3.8, 4) is 0 Å². The Bertz CT molecular complexity index is 510. The first kappa shape index (κ1) is 26.7. The highest BCUT2D eigenvalue weighted by atomic mass is 31.2. The van der Waals surface area contributed by atoms with Crippen molar-refractivity contribution in [3.05, 3.63) is 24.3 Å². The van der Waals surface area contributed by atoms with Gasteiger partial charge in [0.05, 0.1) is 6.61 Å². The highest BCUT2D eigenvalue weighted by molar-refractivity contribution is 7.46. The fourth-order valence-corrected chi connectivity index (χ4v) is 1.66. The molecule has 0 aromatic rings. The number of nitrogens with zero attached hydrogens (tertiary/aromatic N) is 1. The Morgan fingerprint density at radius 3 is 1.69 bits per heavy atom. The molecule has 0 aliphatic rings. The van der Waals surface area contributed by atoms with Crippen LogP contribution in [0, 0.1) is 0 Å². The fourth-order valence-electron chi connectivity index (χ4n) is 1.34. The van der Waals surface area contributed by atoms with Gasteiger partial charge in [0.25, 0.3) is 0 Å². The first-order chi connectivity index (χ1) is 11.9. The van der Waals surface area contributed by atoms with Crippen LogP contribution in [0.15, 0.2) is 24.3 Å². The van der Waals surface area contributed by atoms with Gasteiger partial charge < -0.3 is 24.2 Å². The summed E-state index contributed by atoms with van der Waals surface area (Å²) in [7, 11) is -4.46. The zero-order valence-corrected chi connectivity index (χ0v) is 16.8. The zero-order valence-electron chi connectivity index (χ0n) is 15.9. The molecule has 0 aliphatic carbocycles. The van der Waals surface area contributed by atoms with Crippen molar-refractivity contribution in [2.75, 3.05) is 39.5 Å². The standard InChI is InChI=1S/C10H19NO2.C6H11O6P/c1-5-11(6-2)7-8-13-10(12)9(3)4;1-5(2)6(7)11-3-4-12-13(8,9)10/h3,5-8H2,1-2,4H3;1,3-4H2,2H3,(H2,8,9,10). The fraction of sp³-hybridized carbons (Fsp3) is 0.625. The van der Waals surface area contributed by atoms with Gasteiger partial charge in [0, 0.05) is 17.7 Å². The lowest BCUT2D eigenvalue weighted by atomic mass is 10.4. The van der Waals surface area contributed by atoms with Crippen LogP contribution in [0.5, 0.6) is 0 Å². The minimum absolute atomic E-state index is 0.212. The molecule has 0 unspecified atom stereocenters. The van der Waals surface area contributed by atoms with E-state index in [9.17, 15) is 14.2 Å². The maximum absolute atomic E-state index is 11.0. The smallest absolute Gasteiger partial charge is 0.461 e. The van der Waals surface area contributed by atoms with Crippen LogP contribution in [0.2, 0.25) is 0 Å². The van der Waals surface area contributed by atoms with E-state index in [1.54, 1.807) is 6.92 Å². The zero-order chi connectivity index (χ0) is 20.8. The summed E-state index contributed by atoms with van der Waals surface area (Å²) >= 11 is 0. The van der Waals surface area contributed by atoms with E-state index in [0.717, 1.165) is 19.6 Å². The van der Waals surface area contributed by atoms with Gasteiger partial charge in [-0.3, -0.25) is 4.52 Å². The molecule has 152 valence electrons. The van der Waals surface area contributed by atoms with Gasteiger partial charge in [0.2, 0.25) is 0 Å². The number of phosphoric acid groups is 1. The minimum Gasteiger partial charge on any atom is -0.461 e.